The maximum Gasteiger partial charge on any atom is 0.235 e. The highest BCUT2D eigenvalue weighted by Gasteiger charge is 2.46. The summed E-state index contributed by atoms with van der Waals surface area (Å²) in [5.41, 5.74) is 2.27. The van der Waals surface area contributed by atoms with Gasteiger partial charge in [-0.1, -0.05) is 17.3 Å². The van der Waals surface area contributed by atoms with Crippen LogP contribution >= 0.6 is 0 Å². The molecule has 4 heteroatoms. The van der Waals surface area contributed by atoms with Gasteiger partial charge in [-0.15, -0.1) is 0 Å². The minimum Gasteiger partial charge on any atom is -0.356 e. The van der Waals surface area contributed by atoms with Gasteiger partial charge in [-0.05, 0) is 31.4 Å². The number of rotatable bonds is 2. The number of aromatic nitrogens is 1. The molecule has 0 unspecified atom stereocenters. The van der Waals surface area contributed by atoms with E-state index in [1.165, 1.54) is 0 Å². The van der Waals surface area contributed by atoms with Crippen molar-refractivity contribution in [1.29, 1.82) is 0 Å². The molecule has 0 N–H and O–H groups in total. The number of isocyanates is 1. The largest absolute Gasteiger partial charge is 0.356 e. The van der Waals surface area contributed by atoms with Crippen LogP contribution in [0.4, 0.5) is 0 Å². The number of aryl methyl sites for hydroxylation is 1. The number of hydrogen-bond acceptors (Lipinski definition) is 4. The number of hydrogen-bond donors (Lipinski definition) is 0. The Morgan fingerprint density at radius 2 is 2.31 bits per heavy atom. The molecule has 0 atom stereocenters. The third-order valence-corrected chi connectivity index (χ3v) is 3.15. The number of aliphatic imine (C=N–C) groups is 1. The van der Waals surface area contributed by atoms with Gasteiger partial charge in [0, 0.05) is 0 Å². The second kappa shape index (κ2) is 3.03. The van der Waals surface area contributed by atoms with Gasteiger partial charge in [0.1, 0.15) is 0 Å². The Labute approximate surface area is 92.0 Å². The van der Waals surface area contributed by atoms with E-state index in [2.05, 4.69) is 10.1 Å². The Kier molecular flexibility index (Phi) is 1.76. The predicted molar refractivity (Wildman–Crippen MR) is 57.8 cm³/mol. The molecule has 1 aromatic carbocycles. The topological polar surface area (TPSA) is 55.5 Å². The lowest BCUT2D eigenvalue weighted by Crippen LogP contribution is -2.02. The van der Waals surface area contributed by atoms with E-state index in [9.17, 15) is 4.79 Å². The molecule has 4 nitrogen and oxygen atoms in total. The first kappa shape index (κ1) is 9.31. The SMILES string of the molecule is Cc1noc2cccc(C3(N=C=O)CC3)c12. The maximum absolute atomic E-state index is 10.5. The maximum atomic E-state index is 10.5. The van der Waals surface area contributed by atoms with Gasteiger partial charge in [0.05, 0.1) is 16.6 Å². The molecule has 0 radical (unpaired) electrons. The fourth-order valence-corrected chi connectivity index (χ4v) is 2.18. The van der Waals surface area contributed by atoms with E-state index >= 15 is 0 Å². The first-order chi connectivity index (χ1) is 7.77. The van der Waals surface area contributed by atoms with Crippen LogP contribution in [0.1, 0.15) is 24.1 Å². The van der Waals surface area contributed by atoms with Crippen LogP contribution in [-0.4, -0.2) is 11.2 Å². The smallest absolute Gasteiger partial charge is 0.235 e. The van der Waals surface area contributed by atoms with Crippen molar-refractivity contribution < 1.29 is 9.32 Å². The highest BCUT2D eigenvalue weighted by molar-refractivity contribution is 5.84. The molecule has 16 heavy (non-hydrogen) atoms. The van der Waals surface area contributed by atoms with E-state index in [1.54, 1.807) is 6.08 Å². The summed E-state index contributed by atoms with van der Waals surface area (Å²) < 4.78 is 5.20. The quantitative estimate of drug-likeness (QED) is 0.570. The van der Waals surface area contributed by atoms with Gasteiger partial charge in [0.2, 0.25) is 6.08 Å². The van der Waals surface area contributed by atoms with Crippen LogP contribution in [-0.2, 0) is 10.3 Å². The fraction of sp³-hybridized carbons (Fsp3) is 0.333. The van der Waals surface area contributed by atoms with Gasteiger partial charge >= 0.3 is 0 Å². The van der Waals surface area contributed by atoms with E-state index in [4.69, 9.17) is 4.52 Å². The molecule has 0 saturated heterocycles. The highest BCUT2D eigenvalue weighted by Crippen LogP contribution is 2.51. The van der Waals surface area contributed by atoms with Gasteiger partial charge in [-0.3, -0.25) is 0 Å². The average molecular weight is 214 g/mol. The first-order valence-electron chi connectivity index (χ1n) is 5.21. The van der Waals surface area contributed by atoms with Crippen LogP contribution in [0, 0.1) is 6.92 Å². The van der Waals surface area contributed by atoms with Crippen molar-refractivity contribution in [2.75, 3.05) is 0 Å². The zero-order chi connectivity index (χ0) is 11.2. The second-order valence-corrected chi connectivity index (χ2v) is 4.18. The molecule has 0 bridgehead atoms. The van der Waals surface area contributed by atoms with Crippen molar-refractivity contribution in [3.05, 3.63) is 29.5 Å². The Morgan fingerprint density at radius 1 is 1.50 bits per heavy atom. The normalized spacial score (nSPS) is 17.1. The molecule has 2 aromatic rings. The summed E-state index contributed by atoms with van der Waals surface area (Å²) in [7, 11) is 0. The average Bonchev–Trinajstić information content (AvgIpc) is 2.98. The molecular formula is C12H10N2O2. The minimum atomic E-state index is -0.364. The fourth-order valence-electron chi connectivity index (χ4n) is 2.18. The van der Waals surface area contributed by atoms with Crippen LogP contribution in [0.25, 0.3) is 11.0 Å². The highest BCUT2D eigenvalue weighted by atomic mass is 16.5. The van der Waals surface area contributed by atoms with E-state index in [1.807, 2.05) is 25.1 Å². The third-order valence-electron chi connectivity index (χ3n) is 3.15. The molecule has 80 valence electrons. The van der Waals surface area contributed by atoms with Crippen molar-refractivity contribution >= 4 is 17.0 Å². The summed E-state index contributed by atoms with van der Waals surface area (Å²) in [6, 6.07) is 5.77. The van der Waals surface area contributed by atoms with Crippen LogP contribution in [0.15, 0.2) is 27.7 Å². The lowest BCUT2D eigenvalue weighted by atomic mass is 10.00. The Balaban J connectivity index is 2.31. The van der Waals surface area contributed by atoms with Gasteiger partial charge in [0.15, 0.2) is 5.58 Å². The summed E-state index contributed by atoms with van der Waals surface area (Å²) in [4.78, 5) is 14.4. The van der Waals surface area contributed by atoms with Crippen molar-refractivity contribution in [2.24, 2.45) is 4.99 Å². The van der Waals surface area contributed by atoms with Crippen LogP contribution in [0.2, 0.25) is 0 Å². The van der Waals surface area contributed by atoms with Crippen LogP contribution in [0.3, 0.4) is 0 Å². The summed E-state index contributed by atoms with van der Waals surface area (Å²) in [6.45, 7) is 1.90. The minimum absolute atomic E-state index is 0.364. The van der Waals surface area contributed by atoms with Gasteiger partial charge < -0.3 is 4.52 Å². The Hall–Kier alpha value is -1.93. The van der Waals surface area contributed by atoms with E-state index < -0.39 is 0 Å². The summed E-state index contributed by atoms with van der Waals surface area (Å²) >= 11 is 0. The molecule has 1 aliphatic carbocycles. The summed E-state index contributed by atoms with van der Waals surface area (Å²) in [5, 5.41) is 4.93. The lowest BCUT2D eigenvalue weighted by Gasteiger charge is -2.08. The molecule has 1 aliphatic rings. The van der Waals surface area contributed by atoms with E-state index in [0.29, 0.717) is 0 Å². The number of fused-ring (bicyclic) bond motifs is 1. The molecule has 0 spiro atoms. The standard InChI is InChI=1S/C12H10N2O2/c1-8-11-9(12(5-6-12)13-7-15)3-2-4-10(11)16-14-8/h2-4H,5-6H2,1H3. The van der Waals surface area contributed by atoms with Crippen molar-refractivity contribution in [2.45, 2.75) is 25.3 Å². The van der Waals surface area contributed by atoms with Crippen LogP contribution in [0.5, 0.6) is 0 Å². The third kappa shape index (κ3) is 1.14. The zero-order valence-electron chi connectivity index (χ0n) is 8.86. The molecule has 0 aliphatic heterocycles. The summed E-state index contributed by atoms with van der Waals surface area (Å²) in [6.07, 6.45) is 3.46. The zero-order valence-corrected chi connectivity index (χ0v) is 8.86. The second-order valence-electron chi connectivity index (χ2n) is 4.18. The molecule has 1 heterocycles. The molecule has 1 fully saturated rings. The lowest BCUT2D eigenvalue weighted by molar-refractivity contribution is 0.450. The van der Waals surface area contributed by atoms with Gasteiger partial charge in [-0.2, -0.15) is 4.99 Å². The monoisotopic (exact) mass is 214 g/mol. The van der Waals surface area contributed by atoms with Crippen molar-refractivity contribution in [1.82, 2.24) is 5.16 Å². The Morgan fingerprint density at radius 3 is 3.00 bits per heavy atom. The number of nitrogens with zero attached hydrogens (tertiary/aromatic N) is 2. The molecule has 1 saturated carbocycles. The summed E-state index contributed by atoms with van der Waals surface area (Å²) in [5.74, 6) is 0. The molecule has 1 aromatic heterocycles. The van der Waals surface area contributed by atoms with E-state index in [0.717, 1.165) is 35.1 Å². The van der Waals surface area contributed by atoms with Crippen LogP contribution < -0.4 is 0 Å². The van der Waals surface area contributed by atoms with Crippen molar-refractivity contribution in [3.8, 4) is 0 Å². The first-order valence-corrected chi connectivity index (χ1v) is 5.21. The van der Waals surface area contributed by atoms with Gasteiger partial charge in [-0.25, -0.2) is 4.79 Å². The van der Waals surface area contributed by atoms with E-state index in [-0.39, 0.29) is 5.54 Å². The molecule has 3 rings (SSSR count). The van der Waals surface area contributed by atoms with Gasteiger partial charge in [0.25, 0.3) is 0 Å². The van der Waals surface area contributed by atoms with Crippen molar-refractivity contribution in [3.63, 3.8) is 0 Å². The predicted octanol–water partition coefficient (Wildman–Crippen LogP) is 2.46. The number of benzene rings is 1. The number of carbonyl (C=O) groups excluding carboxylic acids is 1. The Bertz CT molecular complexity index is 605. The molecule has 0 amide bonds. The molecular weight excluding hydrogens is 204 g/mol.